The van der Waals surface area contributed by atoms with Crippen LogP contribution in [-0.2, 0) is 16.1 Å². The van der Waals surface area contributed by atoms with E-state index in [0.717, 1.165) is 42.7 Å². The number of amides is 2. The third-order valence-corrected chi connectivity index (χ3v) is 9.85. The van der Waals surface area contributed by atoms with Crippen molar-refractivity contribution in [1.82, 2.24) is 19.6 Å². The maximum Gasteiger partial charge on any atom is 0.274 e. The predicted octanol–water partition coefficient (Wildman–Crippen LogP) is 2.01. The Morgan fingerprint density at radius 2 is 1.82 bits per heavy atom. The van der Waals surface area contributed by atoms with Crippen LogP contribution in [0.4, 0.5) is 0 Å². The minimum atomic E-state index is 0.00105. The fraction of sp³-hybridized carbons (Fsp3) is 0.621. The van der Waals surface area contributed by atoms with Gasteiger partial charge < -0.3 is 24.4 Å². The molecule has 38 heavy (non-hydrogen) atoms. The molecule has 1 N–H and O–H groups in total. The molecule has 6 unspecified atom stereocenters. The average molecular weight is 519 g/mol. The van der Waals surface area contributed by atoms with Gasteiger partial charge in [0.25, 0.3) is 5.91 Å². The van der Waals surface area contributed by atoms with E-state index in [1.54, 1.807) is 0 Å². The molecule has 2 aromatic rings. The summed E-state index contributed by atoms with van der Waals surface area (Å²) in [7, 11) is 0. The van der Waals surface area contributed by atoms with Crippen LogP contribution in [0, 0.1) is 17.8 Å². The van der Waals surface area contributed by atoms with Gasteiger partial charge in [-0.05, 0) is 49.1 Å². The number of benzene rings is 1. The van der Waals surface area contributed by atoms with Gasteiger partial charge in [0.05, 0.1) is 19.3 Å². The van der Waals surface area contributed by atoms with Crippen LogP contribution in [0.3, 0.4) is 0 Å². The molecule has 2 amide bonds. The van der Waals surface area contributed by atoms with Crippen molar-refractivity contribution in [3.63, 3.8) is 0 Å². The van der Waals surface area contributed by atoms with Crippen LogP contribution in [0.1, 0.15) is 59.3 Å². The van der Waals surface area contributed by atoms with Crippen LogP contribution in [0.15, 0.2) is 30.3 Å². The molecule has 5 aliphatic carbocycles. The molecule has 5 fully saturated rings. The fourth-order valence-corrected chi connectivity index (χ4v) is 7.76. The van der Waals surface area contributed by atoms with Gasteiger partial charge >= 0.3 is 0 Å². The summed E-state index contributed by atoms with van der Waals surface area (Å²) in [5.41, 5.74) is 2.89. The zero-order valence-electron chi connectivity index (χ0n) is 21.4. The zero-order chi connectivity index (χ0) is 25.5. The Morgan fingerprint density at radius 1 is 1.03 bits per heavy atom. The van der Waals surface area contributed by atoms with Crippen molar-refractivity contribution in [2.45, 2.75) is 62.3 Å². The Balaban J connectivity index is 0.942. The first kappa shape index (κ1) is 23.0. The number of carbonyl (C=O) groups excluding carboxylic acids is 2. The monoisotopic (exact) mass is 518 g/mol. The molecule has 7 aliphatic rings. The highest BCUT2D eigenvalue weighted by Gasteiger charge is 2.81. The van der Waals surface area contributed by atoms with Crippen molar-refractivity contribution in [1.29, 1.82) is 0 Å². The van der Waals surface area contributed by atoms with Crippen molar-refractivity contribution in [2.75, 3.05) is 32.8 Å². The molecule has 1 aromatic carbocycles. The van der Waals surface area contributed by atoms with E-state index in [1.807, 2.05) is 44.8 Å². The van der Waals surface area contributed by atoms with Crippen molar-refractivity contribution < 1.29 is 24.2 Å². The van der Waals surface area contributed by atoms with Crippen LogP contribution >= 0.6 is 0 Å². The van der Waals surface area contributed by atoms with Gasteiger partial charge in [-0.2, -0.15) is 5.10 Å². The highest BCUT2D eigenvalue weighted by atomic mass is 16.5. The first-order valence-electron chi connectivity index (χ1n) is 14.3. The topological polar surface area (TPSA) is 97.1 Å². The van der Waals surface area contributed by atoms with Gasteiger partial charge in [-0.15, -0.1) is 0 Å². The Morgan fingerprint density at radius 3 is 2.58 bits per heavy atom. The minimum Gasteiger partial charge on any atom is -0.490 e. The minimum absolute atomic E-state index is 0.00105. The van der Waals surface area contributed by atoms with E-state index in [0.29, 0.717) is 61.5 Å². The SMILES string of the molecule is O=C(c1nn(CC(=O)N2CCC(Oc3ccccc3)C3CC32)c2c1C1C3C2[C@H]13)N1CCC(OCCO)CC1. The summed E-state index contributed by atoms with van der Waals surface area (Å²) >= 11 is 0. The largest absolute Gasteiger partial charge is 0.490 e. The molecule has 2 aliphatic heterocycles. The number of ether oxygens (including phenoxy) is 2. The van der Waals surface area contributed by atoms with E-state index >= 15 is 0 Å². The van der Waals surface area contributed by atoms with Gasteiger partial charge in [-0.3, -0.25) is 14.3 Å². The number of piperidine rings is 2. The summed E-state index contributed by atoms with van der Waals surface area (Å²) in [6.45, 7) is 2.57. The number of fused-ring (bicyclic) bond motifs is 1. The highest BCUT2D eigenvalue weighted by molar-refractivity contribution is 5.96. The van der Waals surface area contributed by atoms with E-state index in [9.17, 15) is 9.59 Å². The highest BCUT2D eigenvalue weighted by Crippen LogP contribution is 2.88. The van der Waals surface area contributed by atoms with E-state index in [1.165, 1.54) is 0 Å². The lowest BCUT2D eigenvalue weighted by atomic mass is 10.1. The standard InChI is InChI=1S/C29H34N4O5/c34-12-13-37-16-6-9-31(10-7-16)29(36)27-26-24-22-23(24)25(22)28(26)33(30-27)15-21(35)32-11-8-20(18-14-19(18)32)38-17-4-2-1-3-5-17/h1-5,16,18-20,22-25,34H,6-15H2/t18?,19?,20?,22-,23?,24?,25?/m0/s1. The molecule has 2 bridgehead atoms. The Bertz CT molecular complexity index is 1260. The molecular formula is C29H34N4O5. The number of rotatable bonds is 8. The van der Waals surface area contributed by atoms with E-state index in [-0.39, 0.29) is 43.2 Å². The van der Waals surface area contributed by atoms with Gasteiger partial charge in [-0.25, -0.2) is 0 Å². The number of hydrogen-bond acceptors (Lipinski definition) is 6. The lowest BCUT2D eigenvalue weighted by molar-refractivity contribution is -0.134. The molecule has 3 saturated carbocycles. The molecule has 7 atom stereocenters. The predicted molar refractivity (Wildman–Crippen MR) is 136 cm³/mol. The summed E-state index contributed by atoms with van der Waals surface area (Å²) in [4.78, 5) is 31.0. The second-order valence-electron chi connectivity index (χ2n) is 11.9. The maximum absolute atomic E-state index is 13.6. The molecule has 3 heterocycles. The number of para-hydroxylation sites is 1. The van der Waals surface area contributed by atoms with E-state index in [2.05, 4.69) is 0 Å². The van der Waals surface area contributed by atoms with Gasteiger partial charge in [0.2, 0.25) is 5.91 Å². The second kappa shape index (κ2) is 8.55. The molecule has 9 heteroatoms. The number of likely N-dealkylation sites (tertiary alicyclic amines) is 2. The lowest BCUT2D eigenvalue weighted by Crippen LogP contribution is -2.44. The Hall–Kier alpha value is -2.91. The average Bonchev–Trinajstić information content (AvgIpc) is 3.89. The number of aliphatic hydroxyl groups excluding tert-OH is 1. The Kier molecular flexibility index (Phi) is 5.18. The molecule has 9 nitrogen and oxygen atoms in total. The summed E-state index contributed by atoms with van der Waals surface area (Å²) in [5, 5.41) is 13.8. The first-order valence-corrected chi connectivity index (χ1v) is 14.3. The quantitative estimate of drug-likeness (QED) is 0.574. The molecule has 0 spiro atoms. The number of aromatic nitrogens is 2. The fourth-order valence-electron chi connectivity index (χ4n) is 7.76. The number of carbonyl (C=O) groups is 2. The van der Waals surface area contributed by atoms with Gasteiger partial charge in [0.15, 0.2) is 5.69 Å². The molecule has 0 radical (unpaired) electrons. The third-order valence-electron chi connectivity index (χ3n) is 9.85. The smallest absolute Gasteiger partial charge is 0.274 e. The van der Waals surface area contributed by atoms with Crippen molar-refractivity contribution in [3.8, 4) is 5.75 Å². The molecule has 1 aromatic heterocycles. The van der Waals surface area contributed by atoms with Gasteiger partial charge in [0.1, 0.15) is 18.4 Å². The van der Waals surface area contributed by atoms with Crippen molar-refractivity contribution in [3.05, 3.63) is 47.3 Å². The Labute approximate surface area is 221 Å². The summed E-state index contributed by atoms with van der Waals surface area (Å²) < 4.78 is 13.8. The molecular weight excluding hydrogens is 484 g/mol. The van der Waals surface area contributed by atoms with Crippen LogP contribution in [-0.4, -0.2) is 87.6 Å². The second-order valence-corrected chi connectivity index (χ2v) is 11.9. The molecule has 200 valence electrons. The van der Waals surface area contributed by atoms with Crippen molar-refractivity contribution >= 4 is 11.8 Å². The third kappa shape index (κ3) is 3.54. The first-order chi connectivity index (χ1) is 18.6. The summed E-state index contributed by atoms with van der Waals surface area (Å²) in [5.74, 6) is 3.78. The summed E-state index contributed by atoms with van der Waals surface area (Å²) in [6, 6.07) is 10.2. The number of nitrogens with zero attached hydrogens (tertiary/aromatic N) is 4. The van der Waals surface area contributed by atoms with Crippen molar-refractivity contribution in [2.24, 2.45) is 17.8 Å². The zero-order valence-corrected chi connectivity index (χ0v) is 21.4. The number of hydrogen-bond donors (Lipinski definition) is 1. The summed E-state index contributed by atoms with van der Waals surface area (Å²) in [6.07, 6.45) is 3.65. The number of aliphatic hydroxyl groups is 1. The lowest BCUT2D eigenvalue weighted by Gasteiger charge is -2.32. The van der Waals surface area contributed by atoms with Crippen LogP contribution in [0.2, 0.25) is 0 Å². The van der Waals surface area contributed by atoms with Gasteiger partial charge in [-0.1, -0.05) is 18.2 Å². The van der Waals surface area contributed by atoms with Crippen LogP contribution in [0.25, 0.3) is 0 Å². The molecule has 9 rings (SSSR count). The maximum atomic E-state index is 13.6. The molecule has 2 saturated heterocycles. The van der Waals surface area contributed by atoms with Crippen LogP contribution in [0.5, 0.6) is 5.75 Å². The van der Waals surface area contributed by atoms with Crippen LogP contribution < -0.4 is 4.74 Å². The van der Waals surface area contributed by atoms with Gasteiger partial charge in [0, 0.05) is 55.2 Å². The van der Waals surface area contributed by atoms with E-state index < -0.39 is 0 Å². The normalized spacial score (nSPS) is 33.9. The van der Waals surface area contributed by atoms with E-state index in [4.69, 9.17) is 19.7 Å².